The summed E-state index contributed by atoms with van der Waals surface area (Å²) in [6.07, 6.45) is 1.79. The van der Waals surface area contributed by atoms with E-state index in [0.29, 0.717) is 47.1 Å². The van der Waals surface area contributed by atoms with Crippen molar-refractivity contribution in [1.82, 2.24) is 0 Å². The number of imide groups is 1. The minimum atomic E-state index is -0.368. The quantitative estimate of drug-likeness (QED) is 0.292. The van der Waals surface area contributed by atoms with Crippen LogP contribution >= 0.6 is 15.9 Å². The molecular weight excluding hydrogens is 482 g/mol. The van der Waals surface area contributed by atoms with Gasteiger partial charge < -0.3 is 9.47 Å². The van der Waals surface area contributed by atoms with E-state index < -0.39 is 0 Å². The molecule has 3 aromatic carbocycles. The van der Waals surface area contributed by atoms with Gasteiger partial charge in [-0.05, 0) is 89.8 Å². The van der Waals surface area contributed by atoms with E-state index in [0.717, 1.165) is 15.6 Å². The third-order valence-corrected chi connectivity index (χ3v) is 5.86. The molecule has 0 atom stereocenters. The Morgan fingerprint density at radius 2 is 1.61 bits per heavy atom. The summed E-state index contributed by atoms with van der Waals surface area (Å²) in [7, 11) is 0. The SMILES string of the molecule is CCOc1cc(/C=C2/C(=O)N(c3cccc(C)c3)C(=O)c3ccccc32)cc(Br)c1OCC. The second kappa shape index (κ2) is 9.63. The van der Waals surface area contributed by atoms with Crippen LogP contribution in [0.15, 0.2) is 65.1 Å². The monoisotopic (exact) mass is 505 g/mol. The molecule has 0 radical (unpaired) electrons. The fourth-order valence-corrected chi connectivity index (χ4v) is 4.45. The first-order valence-electron chi connectivity index (χ1n) is 10.8. The molecule has 1 aliphatic heterocycles. The summed E-state index contributed by atoms with van der Waals surface area (Å²) in [5.41, 5.74) is 3.80. The van der Waals surface area contributed by atoms with E-state index in [1.54, 1.807) is 30.3 Å². The van der Waals surface area contributed by atoms with Crippen LogP contribution in [-0.2, 0) is 4.79 Å². The normalized spacial score (nSPS) is 14.4. The minimum Gasteiger partial charge on any atom is -0.490 e. The lowest BCUT2D eigenvalue weighted by Crippen LogP contribution is -2.41. The molecule has 0 bridgehead atoms. The van der Waals surface area contributed by atoms with E-state index in [-0.39, 0.29) is 11.8 Å². The molecule has 2 amide bonds. The first-order chi connectivity index (χ1) is 15.9. The number of amides is 2. The number of hydrogen-bond acceptors (Lipinski definition) is 4. The average molecular weight is 506 g/mol. The number of aryl methyl sites for hydroxylation is 1. The van der Waals surface area contributed by atoms with Gasteiger partial charge in [-0.15, -0.1) is 0 Å². The van der Waals surface area contributed by atoms with Crippen LogP contribution in [0, 0.1) is 6.92 Å². The first kappa shape index (κ1) is 22.8. The average Bonchev–Trinajstić information content (AvgIpc) is 2.79. The molecule has 5 nitrogen and oxygen atoms in total. The Kier molecular flexibility index (Phi) is 6.65. The van der Waals surface area contributed by atoms with Gasteiger partial charge in [-0.25, -0.2) is 4.90 Å². The molecule has 0 N–H and O–H groups in total. The summed E-state index contributed by atoms with van der Waals surface area (Å²) in [5, 5.41) is 0. The fourth-order valence-electron chi connectivity index (χ4n) is 3.88. The molecule has 0 aromatic heterocycles. The highest BCUT2D eigenvalue weighted by Crippen LogP contribution is 2.39. The number of halogens is 1. The number of ether oxygens (including phenoxy) is 2. The Morgan fingerprint density at radius 3 is 2.30 bits per heavy atom. The maximum Gasteiger partial charge on any atom is 0.265 e. The number of hydrogen-bond donors (Lipinski definition) is 0. The molecule has 0 unspecified atom stereocenters. The van der Waals surface area contributed by atoms with Crippen LogP contribution in [0.1, 0.15) is 40.9 Å². The van der Waals surface area contributed by atoms with Gasteiger partial charge in [-0.3, -0.25) is 9.59 Å². The smallest absolute Gasteiger partial charge is 0.265 e. The van der Waals surface area contributed by atoms with E-state index in [2.05, 4.69) is 15.9 Å². The number of fused-ring (bicyclic) bond motifs is 1. The number of carbonyl (C=O) groups is 2. The van der Waals surface area contributed by atoms with Gasteiger partial charge >= 0.3 is 0 Å². The van der Waals surface area contributed by atoms with Crippen LogP contribution in [0.4, 0.5) is 5.69 Å². The van der Waals surface area contributed by atoms with Crippen LogP contribution in [0.2, 0.25) is 0 Å². The number of nitrogens with zero attached hydrogens (tertiary/aromatic N) is 1. The summed E-state index contributed by atoms with van der Waals surface area (Å²) in [6, 6.07) is 18.3. The molecule has 0 aliphatic carbocycles. The minimum absolute atomic E-state index is 0.332. The summed E-state index contributed by atoms with van der Waals surface area (Å²) >= 11 is 3.56. The second-order valence-electron chi connectivity index (χ2n) is 7.58. The topological polar surface area (TPSA) is 55.8 Å². The number of anilines is 1. The van der Waals surface area contributed by atoms with Gasteiger partial charge in [-0.1, -0.05) is 30.3 Å². The largest absolute Gasteiger partial charge is 0.490 e. The lowest BCUT2D eigenvalue weighted by atomic mass is 9.91. The van der Waals surface area contributed by atoms with Crippen LogP contribution in [-0.4, -0.2) is 25.0 Å². The van der Waals surface area contributed by atoms with Crippen molar-refractivity contribution < 1.29 is 19.1 Å². The van der Waals surface area contributed by atoms with Crippen molar-refractivity contribution in [2.75, 3.05) is 18.1 Å². The van der Waals surface area contributed by atoms with Crippen molar-refractivity contribution >= 4 is 45.1 Å². The number of carbonyl (C=O) groups excluding carboxylic acids is 2. The van der Waals surface area contributed by atoms with Crippen LogP contribution in [0.5, 0.6) is 11.5 Å². The third kappa shape index (κ3) is 4.44. The molecule has 0 saturated carbocycles. The standard InChI is InChI=1S/C27H24BrNO4/c1-4-32-24-16-18(15-23(28)25(24)33-5-2)14-22-20-11-6-7-12-21(20)26(30)29(27(22)31)19-10-8-9-17(3)13-19/h6-16H,4-5H2,1-3H3/b22-14+. The van der Waals surface area contributed by atoms with Crippen LogP contribution < -0.4 is 14.4 Å². The molecule has 3 aromatic rings. The Hall–Kier alpha value is -3.38. The van der Waals surface area contributed by atoms with Crippen molar-refractivity contribution in [2.24, 2.45) is 0 Å². The van der Waals surface area contributed by atoms with Gasteiger partial charge in [0.05, 0.1) is 23.4 Å². The third-order valence-electron chi connectivity index (χ3n) is 5.28. The zero-order chi connectivity index (χ0) is 23.5. The Balaban J connectivity index is 1.88. The summed E-state index contributed by atoms with van der Waals surface area (Å²) in [6.45, 7) is 6.72. The molecular formula is C27H24BrNO4. The van der Waals surface area contributed by atoms with Crippen molar-refractivity contribution in [2.45, 2.75) is 20.8 Å². The van der Waals surface area contributed by atoms with E-state index in [4.69, 9.17) is 9.47 Å². The van der Waals surface area contributed by atoms with Crippen LogP contribution in [0.25, 0.3) is 11.6 Å². The van der Waals surface area contributed by atoms with Gasteiger partial charge in [0.25, 0.3) is 11.8 Å². The van der Waals surface area contributed by atoms with Gasteiger partial charge in [0.2, 0.25) is 0 Å². The Morgan fingerprint density at radius 1 is 0.879 bits per heavy atom. The van der Waals surface area contributed by atoms with Crippen molar-refractivity contribution in [3.63, 3.8) is 0 Å². The molecule has 1 aliphatic rings. The zero-order valence-electron chi connectivity index (χ0n) is 18.7. The number of benzene rings is 3. The molecule has 168 valence electrons. The maximum atomic E-state index is 13.6. The zero-order valence-corrected chi connectivity index (χ0v) is 20.3. The van der Waals surface area contributed by atoms with Gasteiger partial charge in [-0.2, -0.15) is 0 Å². The Bertz CT molecular complexity index is 1260. The van der Waals surface area contributed by atoms with E-state index >= 15 is 0 Å². The van der Waals surface area contributed by atoms with E-state index in [1.807, 2.05) is 57.2 Å². The molecule has 1 heterocycles. The molecule has 33 heavy (non-hydrogen) atoms. The molecule has 6 heteroatoms. The summed E-state index contributed by atoms with van der Waals surface area (Å²) in [5.74, 6) is 0.505. The lowest BCUT2D eigenvalue weighted by molar-refractivity contribution is -0.112. The predicted octanol–water partition coefficient (Wildman–Crippen LogP) is 6.28. The number of rotatable bonds is 6. The van der Waals surface area contributed by atoms with Crippen molar-refractivity contribution in [3.8, 4) is 11.5 Å². The highest BCUT2D eigenvalue weighted by Gasteiger charge is 2.35. The van der Waals surface area contributed by atoms with Crippen molar-refractivity contribution in [3.05, 3.63) is 87.4 Å². The summed E-state index contributed by atoms with van der Waals surface area (Å²) in [4.78, 5) is 28.2. The molecule has 0 saturated heterocycles. The van der Waals surface area contributed by atoms with Crippen molar-refractivity contribution in [1.29, 1.82) is 0 Å². The molecule has 0 spiro atoms. The maximum absolute atomic E-state index is 13.6. The van der Waals surface area contributed by atoms with Crippen LogP contribution in [0.3, 0.4) is 0 Å². The fraction of sp³-hybridized carbons (Fsp3) is 0.185. The predicted molar refractivity (Wildman–Crippen MR) is 134 cm³/mol. The van der Waals surface area contributed by atoms with Gasteiger partial charge in [0, 0.05) is 11.1 Å². The molecule has 0 fully saturated rings. The van der Waals surface area contributed by atoms with Gasteiger partial charge in [0.15, 0.2) is 11.5 Å². The van der Waals surface area contributed by atoms with Gasteiger partial charge in [0.1, 0.15) is 0 Å². The highest BCUT2D eigenvalue weighted by atomic mass is 79.9. The second-order valence-corrected chi connectivity index (χ2v) is 8.44. The first-order valence-corrected chi connectivity index (χ1v) is 11.6. The lowest BCUT2D eigenvalue weighted by Gasteiger charge is -2.29. The van der Waals surface area contributed by atoms with E-state index in [9.17, 15) is 9.59 Å². The highest BCUT2D eigenvalue weighted by molar-refractivity contribution is 9.10. The van der Waals surface area contributed by atoms with E-state index in [1.165, 1.54) is 4.90 Å². The Labute approximate surface area is 201 Å². The molecule has 4 rings (SSSR count). The summed E-state index contributed by atoms with van der Waals surface area (Å²) < 4.78 is 12.2.